The minimum absolute atomic E-state index is 0.106. The van der Waals surface area contributed by atoms with Crippen LogP contribution in [-0.2, 0) is 6.37 Å². The second-order valence-electron chi connectivity index (χ2n) is 3.02. The van der Waals surface area contributed by atoms with Crippen molar-refractivity contribution < 1.29 is 13.0 Å². The summed E-state index contributed by atoms with van der Waals surface area (Å²) in [7, 11) is 0. The fourth-order valence-corrected chi connectivity index (χ4v) is 1.11. The molecule has 2 nitrogen and oxygen atoms in total. The maximum atomic E-state index is 9.26. The SMILES string of the molecule is [2H]C([2H])(CCCC)c1cc(O)cc(O)c1. The Morgan fingerprint density at radius 3 is 2.31 bits per heavy atom. The minimum atomic E-state index is -1.49. The fourth-order valence-electron chi connectivity index (χ4n) is 1.11. The average molecular weight is 182 g/mol. The average Bonchev–Trinajstić information content (AvgIpc) is 2.13. The fraction of sp³-hybridized carbons (Fsp3) is 0.455. The highest BCUT2D eigenvalue weighted by Crippen LogP contribution is 2.21. The molecule has 0 aromatic heterocycles. The van der Waals surface area contributed by atoms with Crippen LogP contribution in [-0.4, -0.2) is 10.2 Å². The maximum Gasteiger partial charge on any atom is 0.119 e. The molecular formula is C11H16O2. The summed E-state index contributed by atoms with van der Waals surface area (Å²) in [5, 5.41) is 18.5. The molecule has 0 heterocycles. The molecule has 0 fully saturated rings. The number of phenolic OH excluding ortho intramolecular Hbond substituents is 2. The van der Waals surface area contributed by atoms with Crippen LogP contribution in [0.4, 0.5) is 0 Å². The van der Waals surface area contributed by atoms with Crippen LogP contribution in [0.25, 0.3) is 0 Å². The molecule has 2 N–H and O–H groups in total. The Balaban J connectivity index is 2.93. The molecule has 0 bridgehead atoms. The number of phenols is 2. The van der Waals surface area contributed by atoms with Crippen molar-refractivity contribution in [1.29, 1.82) is 0 Å². The van der Waals surface area contributed by atoms with E-state index in [1.165, 1.54) is 18.2 Å². The number of aromatic hydroxyl groups is 2. The standard InChI is InChI=1S/C11H16O2/c1-2-3-4-5-9-6-10(12)8-11(13)7-9/h6-8,12-13H,2-5H2,1H3/i5D2. The van der Waals surface area contributed by atoms with Crippen LogP contribution in [0.1, 0.15) is 34.5 Å². The summed E-state index contributed by atoms with van der Waals surface area (Å²) >= 11 is 0. The Bertz CT molecular complexity index is 317. The summed E-state index contributed by atoms with van der Waals surface area (Å²) in [5.41, 5.74) is 0.327. The van der Waals surface area contributed by atoms with E-state index in [1.807, 2.05) is 6.92 Å². The molecule has 0 amide bonds. The monoisotopic (exact) mass is 182 g/mol. The van der Waals surface area contributed by atoms with Crippen molar-refractivity contribution in [3.63, 3.8) is 0 Å². The molecule has 0 radical (unpaired) electrons. The van der Waals surface area contributed by atoms with Gasteiger partial charge >= 0.3 is 0 Å². The molecule has 0 saturated heterocycles. The van der Waals surface area contributed by atoms with Crippen LogP contribution in [0, 0.1) is 0 Å². The Kier molecular flexibility index (Phi) is 2.65. The molecule has 2 heteroatoms. The molecule has 1 rings (SSSR count). The van der Waals surface area contributed by atoms with E-state index in [4.69, 9.17) is 2.74 Å². The molecule has 0 aliphatic heterocycles. The van der Waals surface area contributed by atoms with Crippen LogP contribution in [0.3, 0.4) is 0 Å². The van der Waals surface area contributed by atoms with E-state index in [0.29, 0.717) is 12.0 Å². The number of rotatable bonds is 4. The van der Waals surface area contributed by atoms with Gasteiger partial charge in [-0.1, -0.05) is 19.8 Å². The van der Waals surface area contributed by atoms with E-state index >= 15 is 0 Å². The molecule has 1 aromatic rings. The summed E-state index contributed by atoms with van der Waals surface area (Å²) in [6.07, 6.45) is 0.604. The quantitative estimate of drug-likeness (QED) is 0.751. The smallest absolute Gasteiger partial charge is 0.119 e. The zero-order chi connectivity index (χ0) is 11.5. The van der Waals surface area contributed by atoms with Gasteiger partial charge in [0.15, 0.2) is 0 Å². The predicted molar refractivity (Wildman–Crippen MR) is 53.0 cm³/mol. The minimum Gasteiger partial charge on any atom is -0.508 e. The highest BCUT2D eigenvalue weighted by Gasteiger charge is 1.98. The van der Waals surface area contributed by atoms with E-state index < -0.39 is 6.37 Å². The van der Waals surface area contributed by atoms with Gasteiger partial charge in [0.05, 0.1) is 0 Å². The van der Waals surface area contributed by atoms with E-state index in [9.17, 15) is 10.2 Å². The molecule has 0 aliphatic rings. The lowest BCUT2D eigenvalue weighted by Crippen LogP contribution is -1.84. The van der Waals surface area contributed by atoms with Gasteiger partial charge < -0.3 is 10.2 Å². The second-order valence-corrected chi connectivity index (χ2v) is 3.02. The molecule has 13 heavy (non-hydrogen) atoms. The number of hydrogen-bond acceptors (Lipinski definition) is 2. The zero-order valence-corrected chi connectivity index (χ0v) is 7.75. The largest absolute Gasteiger partial charge is 0.508 e. The van der Waals surface area contributed by atoms with Crippen molar-refractivity contribution in [1.82, 2.24) is 0 Å². The van der Waals surface area contributed by atoms with Crippen LogP contribution >= 0.6 is 0 Å². The summed E-state index contributed by atoms with van der Waals surface area (Å²) in [4.78, 5) is 0. The molecule has 0 unspecified atom stereocenters. The first-order chi connectivity index (χ1) is 6.95. The lowest BCUT2D eigenvalue weighted by Gasteiger charge is -2.02. The van der Waals surface area contributed by atoms with Gasteiger partial charge in [0.2, 0.25) is 0 Å². The Hall–Kier alpha value is -1.18. The molecule has 0 aliphatic carbocycles. The van der Waals surface area contributed by atoms with Crippen molar-refractivity contribution in [2.45, 2.75) is 32.6 Å². The summed E-state index contributed by atoms with van der Waals surface area (Å²) in [6.45, 7) is 2.00. The van der Waals surface area contributed by atoms with Crippen molar-refractivity contribution >= 4 is 0 Å². The van der Waals surface area contributed by atoms with Crippen LogP contribution in [0.2, 0.25) is 0 Å². The van der Waals surface area contributed by atoms with Gasteiger partial charge in [0.25, 0.3) is 0 Å². The number of aryl methyl sites for hydroxylation is 1. The lowest BCUT2D eigenvalue weighted by atomic mass is 10.1. The number of benzene rings is 1. The van der Waals surface area contributed by atoms with Gasteiger partial charge in [-0.2, -0.15) is 0 Å². The third kappa shape index (κ3) is 3.36. The highest BCUT2D eigenvalue weighted by atomic mass is 16.3. The first-order valence-electron chi connectivity index (χ1n) is 5.49. The second kappa shape index (κ2) is 4.75. The Morgan fingerprint density at radius 2 is 1.77 bits per heavy atom. The highest BCUT2D eigenvalue weighted by molar-refractivity contribution is 5.36. The van der Waals surface area contributed by atoms with Crippen molar-refractivity contribution in [2.24, 2.45) is 0 Å². The van der Waals surface area contributed by atoms with E-state index in [1.54, 1.807) is 0 Å². The van der Waals surface area contributed by atoms with Gasteiger partial charge in [-0.05, 0) is 30.5 Å². The van der Waals surface area contributed by atoms with E-state index in [0.717, 1.165) is 12.8 Å². The van der Waals surface area contributed by atoms with Gasteiger partial charge in [0, 0.05) is 8.81 Å². The van der Waals surface area contributed by atoms with E-state index in [2.05, 4.69) is 0 Å². The Labute approximate surface area is 81.7 Å². The van der Waals surface area contributed by atoms with Gasteiger partial charge in [-0.15, -0.1) is 0 Å². The summed E-state index contributed by atoms with van der Waals surface area (Å²) in [5.74, 6) is -0.212. The van der Waals surface area contributed by atoms with Crippen molar-refractivity contribution in [3.8, 4) is 11.5 Å². The van der Waals surface area contributed by atoms with Gasteiger partial charge in [0.1, 0.15) is 11.5 Å². The topological polar surface area (TPSA) is 40.5 Å². The molecule has 0 saturated carbocycles. The zero-order valence-electron chi connectivity index (χ0n) is 9.75. The van der Waals surface area contributed by atoms with Gasteiger partial charge in [-0.3, -0.25) is 0 Å². The van der Waals surface area contributed by atoms with Crippen molar-refractivity contribution in [2.75, 3.05) is 0 Å². The van der Waals surface area contributed by atoms with Crippen LogP contribution in [0.15, 0.2) is 18.2 Å². The molecule has 72 valence electrons. The molecule has 0 spiro atoms. The predicted octanol–water partition coefficient (Wildman–Crippen LogP) is 2.83. The number of hydrogen-bond donors (Lipinski definition) is 2. The first kappa shape index (κ1) is 7.25. The third-order valence-corrected chi connectivity index (χ3v) is 1.76. The normalized spacial score (nSPS) is 13.6. The van der Waals surface area contributed by atoms with Gasteiger partial charge in [-0.25, -0.2) is 0 Å². The molecular weight excluding hydrogens is 164 g/mol. The van der Waals surface area contributed by atoms with Crippen LogP contribution in [0.5, 0.6) is 11.5 Å². The number of unbranched alkanes of at least 4 members (excludes halogenated alkanes) is 1. The first-order valence-corrected chi connectivity index (χ1v) is 4.49. The molecule has 0 atom stereocenters. The van der Waals surface area contributed by atoms with Crippen LogP contribution < -0.4 is 0 Å². The third-order valence-electron chi connectivity index (χ3n) is 1.76. The summed E-state index contributed by atoms with van der Waals surface area (Å²) < 4.78 is 15.6. The molecule has 1 aromatic carbocycles. The lowest BCUT2D eigenvalue weighted by molar-refractivity contribution is 0.449. The Morgan fingerprint density at radius 1 is 1.15 bits per heavy atom. The summed E-state index contributed by atoms with van der Waals surface area (Å²) in [6, 6.07) is 3.91. The maximum absolute atomic E-state index is 9.26. The van der Waals surface area contributed by atoms with E-state index in [-0.39, 0.29) is 11.5 Å². The van der Waals surface area contributed by atoms with Crippen molar-refractivity contribution in [3.05, 3.63) is 23.8 Å².